The standard InChI is InChI=1S/C38H40/c1-38(2,3)37-28-15-8-7-14-26(28)24-36-32-19-11-18-31(34(32)22-23-35(36)37)33-21-20-27(25-12-5-4-6-13-25)29-16-9-10-17-30(29)33/h4-5,7,9-12,14,16-19,22,24,28,35,37H,6,8,13,15,20-21,23H2,1-3H3. The molecule has 0 nitrogen and oxygen atoms in total. The third-order valence-electron chi connectivity index (χ3n) is 9.89. The second-order valence-electron chi connectivity index (χ2n) is 13.1. The summed E-state index contributed by atoms with van der Waals surface area (Å²) in [5, 5.41) is 5.87. The number of rotatable bonds is 2. The van der Waals surface area contributed by atoms with Crippen LogP contribution >= 0.6 is 0 Å². The van der Waals surface area contributed by atoms with Gasteiger partial charge < -0.3 is 0 Å². The first kappa shape index (κ1) is 24.0. The maximum absolute atomic E-state index is 2.61. The lowest BCUT2D eigenvalue weighted by atomic mass is 9.56. The summed E-state index contributed by atoms with van der Waals surface area (Å²) < 4.78 is 0. The van der Waals surface area contributed by atoms with Gasteiger partial charge in [0.05, 0.1) is 0 Å². The molecule has 38 heavy (non-hydrogen) atoms. The molecule has 0 bridgehead atoms. The highest BCUT2D eigenvalue weighted by atomic mass is 14.5. The normalized spacial score (nSPS) is 26.0. The Balaban J connectivity index is 1.48. The van der Waals surface area contributed by atoms with Gasteiger partial charge in [-0.05, 0) is 122 Å². The lowest BCUT2D eigenvalue weighted by Gasteiger charge is -2.48. The van der Waals surface area contributed by atoms with Crippen molar-refractivity contribution in [3.63, 3.8) is 0 Å². The van der Waals surface area contributed by atoms with Gasteiger partial charge in [0.2, 0.25) is 0 Å². The maximum Gasteiger partial charge on any atom is -0.00816 e. The molecule has 0 N–H and O–H groups in total. The zero-order valence-electron chi connectivity index (χ0n) is 23.3. The quantitative estimate of drug-likeness (QED) is 0.438. The molecule has 2 aromatic rings. The Kier molecular flexibility index (Phi) is 5.84. The number of benzene rings is 2. The SMILES string of the molecule is CC(C)(C)C1C2CCC=CC2=CC2=c3cccc(C4=c5ccccc5=C(C5=CC=CCC5)CC4)c3=CCC21. The first-order valence-corrected chi connectivity index (χ1v) is 14.9. The van der Waals surface area contributed by atoms with Gasteiger partial charge in [-0.25, -0.2) is 0 Å². The number of hydrogen-bond donors (Lipinski definition) is 0. The van der Waals surface area contributed by atoms with Crippen LogP contribution in [0.4, 0.5) is 0 Å². The van der Waals surface area contributed by atoms with Crippen LogP contribution in [-0.2, 0) is 0 Å². The third kappa shape index (κ3) is 3.87. The first-order chi connectivity index (χ1) is 18.5. The minimum atomic E-state index is 0.292. The van der Waals surface area contributed by atoms with E-state index in [4.69, 9.17) is 0 Å². The van der Waals surface area contributed by atoms with Crippen LogP contribution in [0.3, 0.4) is 0 Å². The average molecular weight is 497 g/mol. The fourth-order valence-electron chi connectivity index (χ4n) is 8.39. The van der Waals surface area contributed by atoms with Gasteiger partial charge >= 0.3 is 0 Å². The first-order valence-electron chi connectivity index (χ1n) is 14.9. The summed E-state index contributed by atoms with van der Waals surface area (Å²) in [5.41, 5.74) is 9.57. The molecule has 0 amide bonds. The summed E-state index contributed by atoms with van der Waals surface area (Å²) in [7, 11) is 0. The summed E-state index contributed by atoms with van der Waals surface area (Å²) in [6, 6.07) is 16.3. The van der Waals surface area contributed by atoms with Gasteiger partial charge in [0.1, 0.15) is 0 Å². The van der Waals surface area contributed by atoms with Crippen LogP contribution in [0.2, 0.25) is 0 Å². The molecule has 0 saturated heterocycles. The Labute approximate surface area is 227 Å². The predicted molar refractivity (Wildman–Crippen MR) is 162 cm³/mol. The second kappa shape index (κ2) is 9.26. The van der Waals surface area contributed by atoms with Gasteiger partial charge in [-0.1, -0.05) is 106 Å². The molecule has 0 aliphatic heterocycles. The van der Waals surface area contributed by atoms with Crippen LogP contribution in [0.5, 0.6) is 0 Å². The number of allylic oxidation sites excluding steroid dienone is 8. The van der Waals surface area contributed by atoms with Crippen LogP contribution in [0.25, 0.3) is 22.8 Å². The predicted octanol–water partition coefficient (Wildman–Crippen LogP) is 6.63. The van der Waals surface area contributed by atoms with E-state index in [9.17, 15) is 0 Å². The number of hydrogen-bond acceptors (Lipinski definition) is 0. The van der Waals surface area contributed by atoms with Gasteiger partial charge in [0.15, 0.2) is 0 Å². The molecule has 0 fully saturated rings. The molecule has 5 aliphatic rings. The van der Waals surface area contributed by atoms with Gasteiger partial charge in [0, 0.05) is 0 Å². The van der Waals surface area contributed by atoms with Crippen LogP contribution < -0.4 is 20.9 Å². The summed E-state index contributed by atoms with van der Waals surface area (Å²) >= 11 is 0. The minimum Gasteiger partial charge on any atom is -0.0842 e. The molecule has 7 rings (SSSR count). The van der Waals surface area contributed by atoms with Crippen molar-refractivity contribution in [3.05, 3.63) is 117 Å². The molecule has 0 aromatic heterocycles. The molecule has 0 saturated carbocycles. The summed E-state index contributed by atoms with van der Waals surface area (Å²) in [4.78, 5) is 0. The van der Waals surface area contributed by atoms with Crippen molar-refractivity contribution in [2.24, 2.45) is 23.2 Å². The summed E-state index contributed by atoms with van der Waals surface area (Å²) in [6.45, 7) is 7.43. The highest BCUT2D eigenvalue weighted by Gasteiger charge is 2.43. The van der Waals surface area contributed by atoms with E-state index in [1.807, 2.05) is 0 Å². The third-order valence-corrected chi connectivity index (χ3v) is 9.89. The lowest BCUT2D eigenvalue weighted by molar-refractivity contribution is 0.125. The molecule has 3 atom stereocenters. The van der Waals surface area contributed by atoms with Gasteiger partial charge in [-0.3, -0.25) is 0 Å². The van der Waals surface area contributed by atoms with Crippen molar-refractivity contribution >= 4 is 22.8 Å². The molecule has 0 heterocycles. The Morgan fingerprint density at radius 2 is 1.55 bits per heavy atom. The van der Waals surface area contributed by atoms with Crippen molar-refractivity contribution in [2.75, 3.05) is 0 Å². The van der Waals surface area contributed by atoms with Crippen LogP contribution in [-0.4, -0.2) is 0 Å². The number of fused-ring (bicyclic) bond motifs is 4. The highest BCUT2D eigenvalue weighted by molar-refractivity contribution is 5.77. The van der Waals surface area contributed by atoms with Crippen molar-refractivity contribution in [2.45, 2.75) is 65.7 Å². The van der Waals surface area contributed by atoms with Crippen LogP contribution in [0, 0.1) is 23.2 Å². The maximum atomic E-state index is 2.61. The van der Waals surface area contributed by atoms with Gasteiger partial charge in [-0.2, -0.15) is 0 Å². The van der Waals surface area contributed by atoms with E-state index in [0.717, 1.165) is 25.7 Å². The Bertz CT molecular complexity index is 1680. The van der Waals surface area contributed by atoms with Crippen molar-refractivity contribution in [1.82, 2.24) is 0 Å². The zero-order chi connectivity index (χ0) is 25.9. The van der Waals surface area contributed by atoms with E-state index >= 15 is 0 Å². The average Bonchev–Trinajstić information content (AvgIpc) is 2.95. The van der Waals surface area contributed by atoms with E-state index in [1.54, 1.807) is 16.7 Å². The van der Waals surface area contributed by atoms with Gasteiger partial charge in [0.25, 0.3) is 0 Å². The Morgan fingerprint density at radius 1 is 0.763 bits per heavy atom. The van der Waals surface area contributed by atoms with Crippen LogP contribution in [0.1, 0.15) is 71.3 Å². The topological polar surface area (TPSA) is 0 Å². The van der Waals surface area contributed by atoms with E-state index in [1.165, 1.54) is 56.8 Å². The summed E-state index contributed by atoms with van der Waals surface area (Å²) in [6.07, 6.45) is 25.2. The van der Waals surface area contributed by atoms with Crippen molar-refractivity contribution < 1.29 is 0 Å². The molecule has 192 valence electrons. The molecule has 0 spiro atoms. The summed E-state index contributed by atoms with van der Waals surface area (Å²) in [5.74, 6) is 2.01. The van der Waals surface area contributed by atoms with Gasteiger partial charge in [-0.15, -0.1) is 0 Å². The smallest absolute Gasteiger partial charge is 0.00816 e. The second-order valence-corrected chi connectivity index (χ2v) is 13.1. The molecular formula is C38H40. The molecule has 0 heteroatoms. The van der Waals surface area contributed by atoms with Crippen molar-refractivity contribution in [1.29, 1.82) is 0 Å². The van der Waals surface area contributed by atoms with E-state index in [0.29, 0.717) is 23.2 Å². The van der Waals surface area contributed by atoms with E-state index in [-0.39, 0.29) is 0 Å². The molecule has 0 radical (unpaired) electrons. The fourth-order valence-corrected chi connectivity index (χ4v) is 8.39. The Hall–Kier alpha value is -3.12. The largest absolute Gasteiger partial charge is 0.0842 e. The van der Waals surface area contributed by atoms with Crippen LogP contribution in [0.15, 0.2) is 90.1 Å². The monoisotopic (exact) mass is 496 g/mol. The lowest BCUT2D eigenvalue weighted by Crippen LogP contribution is -2.45. The van der Waals surface area contributed by atoms with E-state index < -0.39 is 0 Å². The minimum absolute atomic E-state index is 0.292. The molecular weight excluding hydrogens is 456 g/mol. The molecule has 3 unspecified atom stereocenters. The van der Waals surface area contributed by atoms with E-state index in [2.05, 4.69) is 106 Å². The zero-order valence-corrected chi connectivity index (χ0v) is 23.3. The van der Waals surface area contributed by atoms with Crippen molar-refractivity contribution in [3.8, 4) is 0 Å². The molecule has 2 aromatic carbocycles. The fraction of sp³-hybridized carbons (Fsp3) is 0.368. The molecule has 5 aliphatic carbocycles. The Morgan fingerprint density at radius 3 is 2.34 bits per heavy atom. The highest BCUT2D eigenvalue weighted by Crippen LogP contribution is 2.52.